The molecule has 1 heterocycles. The molecule has 1 amide bonds. The number of nitrogens with zero attached hydrogens (tertiary/aromatic N) is 3. The van der Waals surface area contributed by atoms with Crippen molar-refractivity contribution in [1.29, 1.82) is 5.26 Å². The number of hydrogen-bond acceptors (Lipinski definition) is 4. The van der Waals surface area contributed by atoms with Crippen LogP contribution >= 0.6 is 0 Å². The molecule has 0 aliphatic heterocycles. The van der Waals surface area contributed by atoms with E-state index in [4.69, 9.17) is 10.00 Å². The van der Waals surface area contributed by atoms with E-state index in [0.29, 0.717) is 17.0 Å². The number of aromatic nitrogens is 1. The van der Waals surface area contributed by atoms with Crippen LogP contribution in [0.1, 0.15) is 27.3 Å². The van der Waals surface area contributed by atoms with Gasteiger partial charge in [-0.15, -0.1) is 0 Å². The Balaban J connectivity index is 2.05. The summed E-state index contributed by atoms with van der Waals surface area (Å²) in [6.45, 7) is 1.88. The predicted octanol–water partition coefficient (Wildman–Crippen LogP) is 1.98. The first kappa shape index (κ1) is 15.3. The molecule has 0 atom stereocenters. The summed E-state index contributed by atoms with van der Waals surface area (Å²) in [5.41, 5.74) is 5.17. The monoisotopic (exact) mass is 296 g/mol. The van der Waals surface area contributed by atoms with Crippen molar-refractivity contribution < 1.29 is 9.53 Å². The number of benzene rings is 1. The number of carbonyl (C=O) groups is 1. The third kappa shape index (κ3) is 3.15. The Morgan fingerprint density at radius 2 is 2.09 bits per heavy atom. The van der Waals surface area contributed by atoms with Crippen LogP contribution in [-0.4, -0.2) is 23.8 Å². The van der Waals surface area contributed by atoms with Crippen molar-refractivity contribution in [2.75, 3.05) is 7.11 Å². The van der Waals surface area contributed by atoms with E-state index in [2.05, 4.69) is 16.6 Å². The summed E-state index contributed by atoms with van der Waals surface area (Å²) < 4.78 is 6.81. The van der Waals surface area contributed by atoms with Crippen LogP contribution in [-0.2, 0) is 7.05 Å². The van der Waals surface area contributed by atoms with E-state index in [1.54, 1.807) is 49.1 Å². The molecule has 1 aromatic carbocycles. The Hall–Kier alpha value is -3.07. The van der Waals surface area contributed by atoms with Crippen molar-refractivity contribution >= 4 is 12.1 Å². The lowest BCUT2D eigenvalue weighted by atomic mass is 10.2. The first-order chi connectivity index (χ1) is 10.6. The average molecular weight is 296 g/mol. The fourth-order valence-corrected chi connectivity index (χ4v) is 1.93. The Bertz CT molecular complexity index is 752. The molecular formula is C16H16N4O2. The molecule has 0 unspecified atom stereocenters. The molecule has 22 heavy (non-hydrogen) atoms. The summed E-state index contributed by atoms with van der Waals surface area (Å²) >= 11 is 0. The molecule has 0 aliphatic carbocycles. The predicted molar refractivity (Wildman–Crippen MR) is 82.9 cm³/mol. The van der Waals surface area contributed by atoms with Crippen LogP contribution in [0, 0.1) is 18.3 Å². The number of methoxy groups -OCH3 is 1. The zero-order valence-electron chi connectivity index (χ0n) is 12.6. The second-order valence-corrected chi connectivity index (χ2v) is 4.67. The molecule has 112 valence electrons. The molecule has 1 aromatic heterocycles. The second-order valence-electron chi connectivity index (χ2n) is 4.67. The summed E-state index contributed by atoms with van der Waals surface area (Å²) in [6, 6.07) is 10.5. The van der Waals surface area contributed by atoms with E-state index in [1.807, 2.05) is 6.92 Å². The lowest BCUT2D eigenvalue weighted by Crippen LogP contribution is -2.17. The second kappa shape index (κ2) is 6.59. The zero-order chi connectivity index (χ0) is 16.1. The largest absolute Gasteiger partial charge is 0.497 e. The number of nitriles is 1. The molecule has 0 spiro atoms. The molecule has 1 N–H and O–H groups in total. The van der Waals surface area contributed by atoms with E-state index in [-0.39, 0.29) is 5.91 Å². The quantitative estimate of drug-likeness (QED) is 0.692. The van der Waals surface area contributed by atoms with Gasteiger partial charge in [0.1, 0.15) is 17.5 Å². The van der Waals surface area contributed by atoms with Crippen LogP contribution in [0.15, 0.2) is 35.4 Å². The summed E-state index contributed by atoms with van der Waals surface area (Å²) in [4.78, 5) is 11.9. The van der Waals surface area contributed by atoms with Crippen molar-refractivity contribution in [2.24, 2.45) is 12.1 Å². The van der Waals surface area contributed by atoms with Crippen LogP contribution < -0.4 is 10.2 Å². The van der Waals surface area contributed by atoms with Crippen LogP contribution in [0.4, 0.5) is 0 Å². The lowest BCUT2D eigenvalue weighted by Gasteiger charge is -2.02. The molecule has 0 aliphatic rings. The fourth-order valence-electron chi connectivity index (χ4n) is 1.93. The van der Waals surface area contributed by atoms with Crippen LogP contribution in [0.25, 0.3) is 0 Å². The SMILES string of the molecule is COc1ccc(C(=O)N/N=C\c2cc(C#N)n(C)c2C)cc1. The number of nitrogens with one attached hydrogen (secondary N) is 1. The first-order valence-corrected chi connectivity index (χ1v) is 6.60. The van der Waals surface area contributed by atoms with Crippen molar-refractivity contribution in [3.05, 3.63) is 52.8 Å². The molecular weight excluding hydrogens is 280 g/mol. The van der Waals surface area contributed by atoms with E-state index >= 15 is 0 Å². The smallest absolute Gasteiger partial charge is 0.271 e. The van der Waals surface area contributed by atoms with Gasteiger partial charge >= 0.3 is 0 Å². The standard InChI is InChI=1S/C16H16N4O2/c1-11-13(8-14(9-17)20(11)2)10-18-19-16(21)12-4-6-15(22-3)7-5-12/h4-8,10H,1-3H3,(H,19,21)/b18-10-. The van der Waals surface area contributed by atoms with Gasteiger partial charge in [0.25, 0.3) is 5.91 Å². The minimum absolute atomic E-state index is 0.312. The van der Waals surface area contributed by atoms with Gasteiger partial charge in [0.15, 0.2) is 0 Å². The highest BCUT2D eigenvalue weighted by molar-refractivity contribution is 5.95. The Morgan fingerprint density at radius 1 is 1.41 bits per heavy atom. The van der Waals surface area contributed by atoms with E-state index in [0.717, 1.165) is 11.3 Å². The molecule has 0 saturated heterocycles. The third-order valence-electron chi connectivity index (χ3n) is 3.41. The maximum absolute atomic E-state index is 11.9. The maximum atomic E-state index is 11.9. The van der Waals surface area contributed by atoms with Crippen LogP contribution in [0.2, 0.25) is 0 Å². The van der Waals surface area contributed by atoms with Crippen LogP contribution in [0.3, 0.4) is 0 Å². The van der Waals surface area contributed by atoms with Gasteiger partial charge in [0, 0.05) is 23.9 Å². The number of hydrogen-bond donors (Lipinski definition) is 1. The van der Waals surface area contributed by atoms with Gasteiger partial charge in [-0.25, -0.2) is 5.43 Å². The number of amides is 1. The normalized spacial score (nSPS) is 10.5. The maximum Gasteiger partial charge on any atom is 0.271 e. The third-order valence-corrected chi connectivity index (χ3v) is 3.41. The average Bonchev–Trinajstić information content (AvgIpc) is 2.82. The van der Waals surface area contributed by atoms with E-state index in [9.17, 15) is 4.79 Å². The number of ether oxygens (including phenoxy) is 1. The van der Waals surface area contributed by atoms with Gasteiger partial charge in [0.2, 0.25) is 0 Å². The number of hydrazone groups is 1. The molecule has 0 saturated carbocycles. The Morgan fingerprint density at radius 3 is 2.64 bits per heavy atom. The van der Waals surface area contributed by atoms with Gasteiger partial charge in [-0.1, -0.05) is 0 Å². The van der Waals surface area contributed by atoms with Crippen molar-refractivity contribution in [3.8, 4) is 11.8 Å². The summed E-state index contributed by atoms with van der Waals surface area (Å²) in [7, 11) is 3.37. The fraction of sp³-hybridized carbons (Fsp3) is 0.188. The highest BCUT2D eigenvalue weighted by Gasteiger charge is 2.07. The first-order valence-electron chi connectivity index (χ1n) is 6.60. The van der Waals surface area contributed by atoms with Gasteiger partial charge in [-0.05, 0) is 37.3 Å². The lowest BCUT2D eigenvalue weighted by molar-refractivity contribution is 0.0955. The molecule has 0 fully saturated rings. The Kier molecular flexibility index (Phi) is 4.59. The molecule has 0 radical (unpaired) electrons. The molecule has 0 bridgehead atoms. The zero-order valence-corrected chi connectivity index (χ0v) is 12.6. The van der Waals surface area contributed by atoms with Crippen LogP contribution in [0.5, 0.6) is 5.75 Å². The molecule has 2 aromatic rings. The van der Waals surface area contributed by atoms with Crippen molar-refractivity contribution in [2.45, 2.75) is 6.92 Å². The molecule has 6 heteroatoms. The minimum Gasteiger partial charge on any atom is -0.497 e. The van der Waals surface area contributed by atoms with Gasteiger partial charge in [-0.2, -0.15) is 10.4 Å². The van der Waals surface area contributed by atoms with Gasteiger partial charge < -0.3 is 9.30 Å². The highest BCUT2D eigenvalue weighted by Crippen LogP contribution is 2.12. The summed E-state index contributed by atoms with van der Waals surface area (Å²) in [5, 5.41) is 12.9. The van der Waals surface area contributed by atoms with E-state index < -0.39 is 0 Å². The number of carbonyl (C=O) groups excluding carboxylic acids is 1. The summed E-state index contributed by atoms with van der Waals surface area (Å²) in [5.74, 6) is 0.372. The topological polar surface area (TPSA) is 79.4 Å². The Labute approximate surface area is 128 Å². The van der Waals surface area contributed by atoms with E-state index in [1.165, 1.54) is 6.21 Å². The van der Waals surface area contributed by atoms with Crippen molar-refractivity contribution in [3.63, 3.8) is 0 Å². The van der Waals surface area contributed by atoms with Gasteiger partial charge in [-0.3, -0.25) is 4.79 Å². The molecule has 6 nitrogen and oxygen atoms in total. The number of rotatable bonds is 4. The minimum atomic E-state index is -0.312. The summed E-state index contributed by atoms with van der Waals surface area (Å²) in [6.07, 6.45) is 1.53. The van der Waals surface area contributed by atoms with Crippen molar-refractivity contribution in [1.82, 2.24) is 9.99 Å². The highest BCUT2D eigenvalue weighted by atomic mass is 16.5. The molecule has 2 rings (SSSR count). The van der Waals surface area contributed by atoms with Gasteiger partial charge in [0.05, 0.1) is 13.3 Å².